The minimum Gasteiger partial charge on any atom is -0.497 e. The summed E-state index contributed by atoms with van der Waals surface area (Å²) in [7, 11) is -1.66. The third kappa shape index (κ3) is 3.99. The second-order valence-electron chi connectivity index (χ2n) is 8.11. The van der Waals surface area contributed by atoms with Gasteiger partial charge < -0.3 is 10.1 Å². The van der Waals surface area contributed by atoms with Crippen LogP contribution in [0.4, 0.5) is 5.69 Å². The quantitative estimate of drug-likeness (QED) is 0.435. The number of benzene rings is 1. The van der Waals surface area contributed by atoms with Crippen molar-refractivity contribution in [3.63, 3.8) is 0 Å². The maximum absolute atomic E-state index is 13.0. The molecule has 1 aromatic carbocycles. The van der Waals surface area contributed by atoms with E-state index in [2.05, 4.69) is 25.8 Å². The summed E-state index contributed by atoms with van der Waals surface area (Å²) in [5.41, 5.74) is 3.18. The first kappa shape index (κ1) is 22.0. The Bertz CT molecular complexity index is 1500. The molecule has 176 valence electrons. The van der Waals surface area contributed by atoms with Crippen molar-refractivity contribution in [3.05, 3.63) is 53.9 Å². The molecular weight excluding hydrogens is 460 g/mol. The maximum atomic E-state index is 13.0. The van der Waals surface area contributed by atoms with Crippen LogP contribution in [0.25, 0.3) is 16.9 Å². The molecule has 34 heavy (non-hydrogen) atoms. The number of sulfonamides is 1. The predicted molar refractivity (Wildman–Crippen MR) is 123 cm³/mol. The van der Waals surface area contributed by atoms with Crippen LogP contribution < -0.4 is 10.1 Å². The standard InChI is InChI=1S/C21H22N8O4S/c1-13-4-5-14(20-24-26-29(25-20)15-11-27(12-15)34(3,31)32)8-18(13)23-21(30)17-10-22-28-7-6-16(33-2)9-19(17)28/h4-10,15H,11-12H2,1-3H3,(H,23,30). The summed E-state index contributed by atoms with van der Waals surface area (Å²) < 4.78 is 31.4. The number of tetrazole rings is 1. The molecule has 3 aromatic heterocycles. The number of carbonyl (C=O) groups excluding carboxylic acids is 1. The van der Waals surface area contributed by atoms with Crippen LogP contribution in [0.1, 0.15) is 22.0 Å². The number of aryl methyl sites for hydroxylation is 1. The summed E-state index contributed by atoms with van der Waals surface area (Å²) in [5, 5.41) is 19.8. The van der Waals surface area contributed by atoms with Crippen molar-refractivity contribution in [2.24, 2.45) is 0 Å². The molecular formula is C21H22N8O4S. The Labute approximate surface area is 195 Å². The molecule has 1 amide bonds. The highest BCUT2D eigenvalue weighted by atomic mass is 32.2. The molecule has 4 heterocycles. The largest absolute Gasteiger partial charge is 0.497 e. The van der Waals surface area contributed by atoms with E-state index in [0.717, 1.165) is 5.56 Å². The number of nitrogens with zero attached hydrogens (tertiary/aromatic N) is 7. The van der Waals surface area contributed by atoms with Gasteiger partial charge in [0.1, 0.15) is 11.8 Å². The Hall–Kier alpha value is -3.84. The lowest BCUT2D eigenvalue weighted by Gasteiger charge is -2.35. The highest BCUT2D eigenvalue weighted by Gasteiger charge is 2.36. The van der Waals surface area contributed by atoms with Gasteiger partial charge in [-0.15, -0.1) is 10.2 Å². The van der Waals surface area contributed by atoms with Crippen LogP contribution in [0.3, 0.4) is 0 Å². The molecule has 0 radical (unpaired) electrons. The van der Waals surface area contributed by atoms with Gasteiger partial charge in [-0.25, -0.2) is 12.9 Å². The zero-order valence-electron chi connectivity index (χ0n) is 18.7. The number of carbonyl (C=O) groups is 1. The molecule has 0 aliphatic carbocycles. The molecule has 0 bridgehead atoms. The van der Waals surface area contributed by atoms with E-state index in [-0.39, 0.29) is 11.9 Å². The first-order chi connectivity index (χ1) is 16.2. The Kier molecular flexibility index (Phi) is 5.29. The van der Waals surface area contributed by atoms with Crippen LogP contribution >= 0.6 is 0 Å². The minimum absolute atomic E-state index is 0.159. The summed E-state index contributed by atoms with van der Waals surface area (Å²) in [5.74, 6) is 0.699. The summed E-state index contributed by atoms with van der Waals surface area (Å²) in [6.45, 7) is 2.51. The van der Waals surface area contributed by atoms with Crippen LogP contribution in [-0.2, 0) is 10.0 Å². The average molecular weight is 483 g/mol. The number of pyridine rings is 1. The van der Waals surface area contributed by atoms with E-state index in [1.54, 1.807) is 36.0 Å². The highest BCUT2D eigenvalue weighted by molar-refractivity contribution is 7.88. The molecule has 1 N–H and O–H groups in total. The fourth-order valence-electron chi connectivity index (χ4n) is 3.68. The Morgan fingerprint density at radius 3 is 2.74 bits per heavy atom. The van der Waals surface area contributed by atoms with Gasteiger partial charge in [0, 0.05) is 36.6 Å². The number of methoxy groups -OCH3 is 1. The zero-order valence-corrected chi connectivity index (χ0v) is 19.5. The maximum Gasteiger partial charge on any atom is 0.259 e. The fourth-order valence-corrected chi connectivity index (χ4v) is 4.56. The van der Waals surface area contributed by atoms with E-state index in [4.69, 9.17) is 4.74 Å². The number of hydrogen-bond donors (Lipinski definition) is 1. The predicted octanol–water partition coefficient (Wildman–Crippen LogP) is 1.37. The van der Waals surface area contributed by atoms with Gasteiger partial charge in [0.25, 0.3) is 5.91 Å². The van der Waals surface area contributed by atoms with Gasteiger partial charge in [-0.1, -0.05) is 12.1 Å². The number of ether oxygens (including phenoxy) is 1. The van der Waals surface area contributed by atoms with E-state index in [0.29, 0.717) is 47.0 Å². The van der Waals surface area contributed by atoms with E-state index in [1.165, 1.54) is 21.6 Å². The zero-order chi connectivity index (χ0) is 24.0. The van der Waals surface area contributed by atoms with Crippen molar-refractivity contribution in [3.8, 4) is 17.1 Å². The van der Waals surface area contributed by atoms with Crippen LogP contribution in [0.5, 0.6) is 5.75 Å². The monoisotopic (exact) mass is 482 g/mol. The third-order valence-corrected chi connectivity index (χ3v) is 7.01. The Balaban J connectivity index is 1.36. The second kappa shape index (κ2) is 8.18. The Morgan fingerprint density at radius 1 is 1.21 bits per heavy atom. The first-order valence-corrected chi connectivity index (χ1v) is 12.3. The van der Waals surface area contributed by atoms with Crippen molar-refractivity contribution in [2.75, 3.05) is 31.8 Å². The van der Waals surface area contributed by atoms with Crippen molar-refractivity contribution in [1.29, 1.82) is 0 Å². The highest BCUT2D eigenvalue weighted by Crippen LogP contribution is 2.26. The SMILES string of the molecule is COc1ccn2ncc(C(=O)Nc3cc(-c4nnn(C5CN(S(C)(=O)=O)C5)n4)ccc3C)c2c1. The number of hydrogen-bond acceptors (Lipinski definition) is 8. The van der Waals surface area contributed by atoms with Crippen molar-refractivity contribution in [2.45, 2.75) is 13.0 Å². The molecule has 0 saturated carbocycles. The summed E-state index contributed by atoms with van der Waals surface area (Å²) >= 11 is 0. The van der Waals surface area contributed by atoms with Crippen LogP contribution in [0.2, 0.25) is 0 Å². The van der Waals surface area contributed by atoms with E-state index >= 15 is 0 Å². The van der Waals surface area contributed by atoms with Gasteiger partial charge in [-0.2, -0.15) is 14.2 Å². The molecule has 1 saturated heterocycles. The van der Waals surface area contributed by atoms with Crippen molar-refractivity contribution < 1.29 is 17.9 Å². The molecule has 0 atom stereocenters. The number of nitrogens with one attached hydrogen (secondary N) is 1. The van der Waals surface area contributed by atoms with E-state index in [9.17, 15) is 13.2 Å². The molecule has 1 fully saturated rings. The topological polar surface area (TPSA) is 137 Å². The molecule has 0 spiro atoms. The molecule has 1 aliphatic rings. The van der Waals surface area contributed by atoms with Gasteiger partial charge >= 0.3 is 0 Å². The number of aromatic nitrogens is 6. The number of anilines is 1. The third-order valence-electron chi connectivity index (χ3n) is 5.77. The second-order valence-corrected chi connectivity index (χ2v) is 10.1. The number of amides is 1. The minimum atomic E-state index is -3.22. The van der Waals surface area contributed by atoms with Gasteiger partial charge in [0.05, 0.1) is 30.6 Å². The van der Waals surface area contributed by atoms with Gasteiger partial charge in [0.15, 0.2) is 0 Å². The molecule has 1 aliphatic heterocycles. The molecule has 4 aromatic rings. The lowest BCUT2D eigenvalue weighted by molar-refractivity contribution is 0.102. The summed E-state index contributed by atoms with van der Waals surface area (Å²) in [6, 6.07) is 8.84. The van der Waals surface area contributed by atoms with Crippen molar-refractivity contribution >= 4 is 27.1 Å². The Morgan fingerprint density at radius 2 is 2.00 bits per heavy atom. The number of rotatable bonds is 6. The van der Waals surface area contributed by atoms with E-state index in [1.807, 2.05) is 19.1 Å². The van der Waals surface area contributed by atoms with Gasteiger partial charge in [-0.3, -0.25) is 4.79 Å². The average Bonchev–Trinajstić information content (AvgIpc) is 3.40. The van der Waals surface area contributed by atoms with Crippen molar-refractivity contribution in [1.82, 2.24) is 34.1 Å². The van der Waals surface area contributed by atoms with Gasteiger partial charge in [0.2, 0.25) is 15.8 Å². The van der Waals surface area contributed by atoms with Gasteiger partial charge in [-0.05, 0) is 29.8 Å². The first-order valence-electron chi connectivity index (χ1n) is 10.4. The number of fused-ring (bicyclic) bond motifs is 1. The lowest BCUT2D eigenvalue weighted by Crippen LogP contribution is -2.50. The van der Waals surface area contributed by atoms with Crippen LogP contribution in [0, 0.1) is 6.92 Å². The molecule has 5 rings (SSSR count). The summed E-state index contributed by atoms with van der Waals surface area (Å²) in [6.07, 6.45) is 4.41. The summed E-state index contributed by atoms with van der Waals surface area (Å²) in [4.78, 5) is 14.5. The smallest absolute Gasteiger partial charge is 0.259 e. The van der Waals surface area contributed by atoms with Crippen LogP contribution in [0.15, 0.2) is 42.7 Å². The fraction of sp³-hybridized carbons (Fsp3) is 0.286. The molecule has 13 heteroatoms. The lowest BCUT2D eigenvalue weighted by atomic mass is 10.1. The van der Waals surface area contributed by atoms with E-state index < -0.39 is 10.0 Å². The normalized spacial score (nSPS) is 14.8. The van der Waals surface area contributed by atoms with Crippen LogP contribution in [-0.4, -0.2) is 74.9 Å². The molecule has 12 nitrogen and oxygen atoms in total. The molecule has 0 unspecified atom stereocenters.